The number of aromatic nitrogens is 1. The summed E-state index contributed by atoms with van der Waals surface area (Å²) in [5, 5.41) is 4.80. The number of primary sulfonamides is 1. The molecule has 0 radical (unpaired) electrons. The van der Waals surface area contributed by atoms with Crippen molar-refractivity contribution in [3.8, 4) is 0 Å². The molecule has 0 aliphatic carbocycles. The maximum Gasteiger partial charge on any atom is 0.255 e. The largest absolute Gasteiger partial charge is 0.381 e. The fraction of sp³-hybridized carbons (Fsp3) is 0.600. The number of carbonyl (C=O) groups excluding carboxylic acids is 1. The van der Waals surface area contributed by atoms with E-state index in [-0.39, 0.29) is 17.0 Å². The van der Waals surface area contributed by atoms with Gasteiger partial charge in [0.25, 0.3) is 15.9 Å². The van der Waals surface area contributed by atoms with Crippen molar-refractivity contribution in [1.82, 2.24) is 9.88 Å². The maximum absolute atomic E-state index is 12.7. The molecular weight excluding hydrogens is 318 g/mol. The number of nitrogens with zero attached hydrogens (tertiary/aromatic N) is 2. The summed E-state index contributed by atoms with van der Waals surface area (Å²) in [6, 6.07) is 3.00. The molecule has 0 bridgehead atoms. The number of hydrogen-bond donors (Lipinski definition) is 1. The van der Waals surface area contributed by atoms with Gasteiger partial charge in [0.1, 0.15) is 0 Å². The predicted molar refractivity (Wildman–Crippen MR) is 83.2 cm³/mol. The summed E-state index contributed by atoms with van der Waals surface area (Å²) < 4.78 is 27.9. The molecule has 2 fully saturated rings. The fourth-order valence-corrected chi connectivity index (χ4v) is 3.93. The van der Waals surface area contributed by atoms with Crippen molar-refractivity contribution in [2.24, 2.45) is 11.1 Å². The van der Waals surface area contributed by atoms with E-state index in [9.17, 15) is 13.2 Å². The molecule has 23 heavy (non-hydrogen) atoms. The van der Waals surface area contributed by atoms with Gasteiger partial charge in [0.15, 0.2) is 5.03 Å². The Morgan fingerprint density at radius 2 is 2.00 bits per heavy atom. The Morgan fingerprint density at radius 1 is 1.26 bits per heavy atom. The van der Waals surface area contributed by atoms with E-state index in [4.69, 9.17) is 9.88 Å². The van der Waals surface area contributed by atoms with Crippen LogP contribution in [-0.2, 0) is 14.8 Å². The summed E-state index contributed by atoms with van der Waals surface area (Å²) in [6.07, 6.45) is 5.27. The molecule has 2 aliphatic rings. The zero-order chi connectivity index (χ0) is 16.4. The average molecular weight is 339 g/mol. The quantitative estimate of drug-likeness (QED) is 0.876. The number of pyridine rings is 1. The lowest BCUT2D eigenvalue weighted by Crippen LogP contribution is -2.42. The van der Waals surface area contributed by atoms with Crippen LogP contribution in [-0.4, -0.2) is 50.0 Å². The first-order valence-corrected chi connectivity index (χ1v) is 9.39. The van der Waals surface area contributed by atoms with Crippen molar-refractivity contribution in [3.63, 3.8) is 0 Å². The highest BCUT2D eigenvalue weighted by molar-refractivity contribution is 7.89. The van der Waals surface area contributed by atoms with E-state index < -0.39 is 10.0 Å². The van der Waals surface area contributed by atoms with Crippen LogP contribution in [0.4, 0.5) is 0 Å². The number of rotatable bonds is 3. The van der Waals surface area contributed by atoms with Gasteiger partial charge in [-0.25, -0.2) is 18.5 Å². The minimum Gasteiger partial charge on any atom is -0.381 e. The second-order valence-corrected chi connectivity index (χ2v) is 7.60. The van der Waals surface area contributed by atoms with Gasteiger partial charge in [0.2, 0.25) is 0 Å². The van der Waals surface area contributed by atoms with Crippen molar-refractivity contribution >= 4 is 15.9 Å². The standard InChI is InChI=1S/C15H21N3O4S/c16-23(20,21)14-4-3-12(10-17-14)15(19)18-7-1-2-13(18)11-5-8-22-9-6-11/h3-4,10-11,13H,1-2,5-9H2,(H2,16,20,21). The van der Waals surface area contributed by atoms with Crippen molar-refractivity contribution in [2.75, 3.05) is 19.8 Å². The molecule has 2 aliphatic heterocycles. The molecule has 1 aromatic heterocycles. The third kappa shape index (κ3) is 3.54. The number of sulfonamides is 1. The molecule has 2 saturated heterocycles. The first-order valence-electron chi connectivity index (χ1n) is 7.84. The number of amides is 1. The van der Waals surface area contributed by atoms with Crippen molar-refractivity contribution in [2.45, 2.75) is 36.8 Å². The molecule has 8 heteroatoms. The van der Waals surface area contributed by atoms with Crippen molar-refractivity contribution in [3.05, 3.63) is 23.9 Å². The van der Waals surface area contributed by atoms with Gasteiger partial charge < -0.3 is 9.64 Å². The Kier molecular flexibility index (Phi) is 4.65. The number of carbonyl (C=O) groups is 1. The van der Waals surface area contributed by atoms with Crippen LogP contribution < -0.4 is 5.14 Å². The van der Waals surface area contributed by atoms with Gasteiger partial charge in [-0.1, -0.05) is 0 Å². The second kappa shape index (κ2) is 6.54. The SMILES string of the molecule is NS(=O)(=O)c1ccc(C(=O)N2CCCC2C2CCOCC2)cn1. The Hall–Kier alpha value is -1.51. The van der Waals surface area contributed by atoms with Crippen molar-refractivity contribution < 1.29 is 17.9 Å². The molecule has 0 saturated carbocycles. The summed E-state index contributed by atoms with van der Waals surface area (Å²) in [5.74, 6) is 0.388. The third-order valence-electron chi connectivity index (χ3n) is 4.65. The molecule has 1 atom stereocenters. The monoisotopic (exact) mass is 339 g/mol. The Morgan fingerprint density at radius 3 is 2.61 bits per heavy atom. The zero-order valence-electron chi connectivity index (χ0n) is 12.8. The number of ether oxygens (including phenoxy) is 1. The van der Waals surface area contributed by atoms with Crippen LogP contribution in [0.15, 0.2) is 23.4 Å². The van der Waals surface area contributed by atoms with Crippen LogP contribution >= 0.6 is 0 Å². The zero-order valence-corrected chi connectivity index (χ0v) is 13.7. The smallest absolute Gasteiger partial charge is 0.255 e. The van der Waals surface area contributed by atoms with E-state index in [0.717, 1.165) is 45.4 Å². The van der Waals surface area contributed by atoms with Crippen LogP contribution in [0.1, 0.15) is 36.0 Å². The van der Waals surface area contributed by atoms with Crippen LogP contribution in [0.25, 0.3) is 0 Å². The molecule has 1 aromatic rings. The van der Waals surface area contributed by atoms with E-state index in [1.54, 1.807) is 0 Å². The number of nitrogens with two attached hydrogens (primary N) is 1. The molecule has 1 unspecified atom stereocenters. The third-order valence-corrected chi connectivity index (χ3v) is 5.47. The normalized spacial score (nSPS) is 23.2. The molecule has 1 amide bonds. The van der Waals surface area contributed by atoms with Gasteiger partial charge in [-0.15, -0.1) is 0 Å². The summed E-state index contributed by atoms with van der Waals surface area (Å²) in [4.78, 5) is 18.4. The van der Waals surface area contributed by atoms with Gasteiger partial charge in [0, 0.05) is 32.0 Å². The average Bonchev–Trinajstić information content (AvgIpc) is 3.04. The number of hydrogen-bond acceptors (Lipinski definition) is 5. The van der Waals surface area contributed by atoms with E-state index in [2.05, 4.69) is 4.98 Å². The molecule has 0 aromatic carbocycles. The van der Waals surface area contributed by atoms with Gasteiger partial charge >= 0.3 is 0 Å². The van der Waals surface area contributed by atoms with E-state index in [1.165, 1.54) is 18.3 Å². The Labute approximate surface area is 135 Å². The maximum atomic E-state index is 12.7. The first-order chi connectivity index (χ1) is 11.0. The molecular formula is C15H21N3O4S. The van der Waals surface area contributed by atoms with Gasteiger partial charge in [-0.3, -0.25) is 4.79 Å². The van der Waals surface area contributed by atoms with Gasteiger partial charge in [0.05, 0.1) is 5.56 Å². The van der Waals surface area contributed by atoms with Crippen LogP contribution in [0.2, 0.25) is 0 Å². The first kappa shape index (κ1) is 16.4. The second-order valence-electron chi connectivity index (χ2n) is 6.09. The highest BCUT2D eigenvalue weighted by atomic mass is 32.2. The Bertz CT molecular complexity index is 668. The topological polar surface area (TPSA) is 103 Å². The molecule has 2 N–H and O–H groups in total. The summed E-state index contributed by atoms with van der Waals surface area (Å²) >= 11 is 0. The molecule has 126 valence electrons. The predicted octanol–water partition coefficient (Wildman–Crippen LogP) is 0.760. The van der Waals surface area contributed by atoms with Crippen LogP contribution in [0.5, 0.6) is 0 Å². The Balaban J connectivity index is 1.76. The highest BCUT2D eigenvalue weighted by Crippen LogP contribution is 2.31. The molecule has 3 rings (SSSR count). The van der Waals surface area contributed by atoms with Crippen LogP contribution in [0.3, 0.4) is 0 Å². The summed E-state index contributed by atoms with van der Waals surface area (Å²) in [6.45, 7) is 2.25. The molecule has 7 nitrogen and oxygen atoms in total. The summed E-state index contributed by atoms with van der Waals surface area (Å²) in [5.41, 5.74) is 0.399. The highest BCUT2D eigenvalue weighted by Gasteiger charge is 2.35. The lowest BCUT2D eigenvalue weighted by atomic mass is 9.90. The lowest BCUT2D eigenvalue weighted by Gasteiger charge is -2.34. The van der Waals surface area contributed by atoms with Gasteiger partial charge in [-0.2, -0.15) is 0 Å². The van der Waals surface area contributed by atoms with E-state index >= 15 is 0 Å². The minimum absolute atomic E-state index is 0.0903. The minimum atomic E-state index is -3.84. The van der Waals surface area contributed by atoms with E-state index in [1.807, 2.05) is 4.90 Å². The van der Waals surface area contributed by atoms with Crippen molar-refractivity contribution in [1.29, 1.82) is 0 Å². The number of likely N-dealkylation sites (tertiary alicyclic amines) is 1. The lowest BCUT2D eigenvalue weighted by molar-refractivity contribution is 0.0322. The molecule has 3 heterocycles. The summed E-state index contributed by atoms with van der Waals surface area (Å²) in [7, 11) is -3.84. The molecule has 0 spiro atoms. The van der Waals surface area contributed by atoms with Crippen LogP contribution in [0, 0.1) is 5.92 Å². The van der Waals surface area contributed by atoms with Gasteiger partial charge in [-0.05, 0) is 43.7 Å². The van der Waals surface area contributed by atoms with E-state index in [0.29, 0.717) is 11.5 Å². The fourth-order valence-electron chi connectivity index (χ4n) is 3.48.